The summed E-state index contributed by atoms with van der Waals surface area (Å²) in [6.07, 6.45) is 4.65. The molecule has 1 heterocycles. The van der Waals surface area contributed by atoms with E-state index in [4.69, 9.17) is 4.74 Å². The van der Waals surface area contributed by atoms with Crippen molar-refractivity contribution in [2.24, 2.45) is 5.10 Å². The Morgan fingerprint density at radius 2 is 1.93 bits per heavy atom. The number of ether oxygens (including phenoxy) is 1. The number of sulfonamides is 1. The molecular weight excluding hydrogens is 392 g/mol. The number of carbonyl (C=O) groups is 1. The van der Waals surface area contributed by atoms with Crippen molar-refractivity contribution in [1.29, 1.82) is 0 Å². The van der Waals surface area contributed by atoms with Gasteiger partial charge in [0.15, 0.2) is 0 Å². The molecule has 0 aliphatic carbocycles. The van der Waals surface area contributed by atoms with Crippen molar-refractivity contribution in [3.8, 4) is 5.75 Å². The molecule has 1 amide bonds. The molecule has 0 aliphatic heterocycles. The lowest BCUT2D eigenvalue weighted by Crippen LogP contribution is -2.19. The zero-order valence-corrected chi connectivity index (χ0v) is 16.3. The topological polar surface area (TPSA) is 110 Å². The van der Waals surface area contributed by atoms with E-state index in [1.807, 2.05) is 0 Å². The van der Waals surface area contributed by atoms with Crippen LogP contribution in [0.25, 0.3) is 0 Å². The summed E-state index contributed by atoms with van der Waals surface area (Å²) in [5.74, 6) is -0.158. The Kier molecular flexibility index (Phi) is 6.20. The Hall–Kier alpha value is -3.72. The zero-order valence-electron chi connectivity index (χ0n) is 15.4. The first-order valence-electron chi connectivity index (χ1n) is 8.49. The van der Waals surface area contributed by atoms with E-state index in [0.29, 0.717) is 17.0 Å². The number of aromatic nitrogens is 1. The number of para-hydroxylation sites is 2. The van der Waals surface area contributed by atoms with E-state index in [9.17, 15) is 13.2 Å². The summed E-state index contributed by atoms with van der Waals surface area (Å²) in [7, 11) is -2.47. The Bertz CT molecular complexity index is 1130. The minimum atomic E-state index is -3.92. The molecule has 0 atom stereocenters. The third-order valence-electron chi connectivity index (χ3n) is 3.82. The monoisotopic (exact) mass is 410 g/mol. The van der Waals surface area contributed by atoms with Gasteiger partial charge in [-0.2, -0.15) is 5.10 Å². The molecule has 9 heteroatoms. The van der Waals surface area contributed by atoms with Gasteiger partial charge < -0.3 is 4.74 Å². The average Bonchev–Trinajstić information content (AvgIpc) is 2.74. The molecule has 0 aliphatic rings. The Morgan fingerprint density at radius 1 is 1.10 bits per heavy atom. The van der Waals surface area contributed by atoms with Crippen molar-refractivity contribution in [3.63, 3.8) is 0 Å². The van der Waals surface area contributed by atoms with E-state index in [1.165, 1.54) is 37.6 Å². The third kappa shape index (κ3) is 5.17. The minimum absolute atomic E-state index is 0.0627. The molecule has 0 unspecified atom stereocenters. The first-order valence-corrected chi connectivity index (χ1v) is 9.97. The van der Waals surface area contributed by atoms with Gasteiger partial charge in [0, 0.05) is 23.5 Å². The lowest BCUT2D eigenvalue weighted by atomic mass is 10.2. The van der Waals surface area contributed by atoms with Crippen LogP contribution in [0.2, 0.25) is 0 Å². The smallest absolute Gasteiger partial charge is 0.271 e. The van der Waals surface area contributed by atoms with Gasteiger partial charge in [-0.15, -0.1) is 0 Å². The maximum absolute atomic E-state index is 12.7. The van der Waals surface area contributed by atoms with E-state index in [2.05, 4.69) is 20.2 Å². The molecule has 3 rings (SSSR count). The lowest BCUT2D eigenvalue weighted by Gasteiger charge is -2.12. The molecule has 0 saturated carbocycles. The second-order valence-electron chi connectivity index (χ2n) is 5.82. The van der Waals surface area contributed by atoms with Gasteiger partial charge in [-0.1, -0.05) is 24.3 Å². The van der Waals surface area contributed by atoms with Crippen LogP contribution in [0, 0.1) is 0 Å². The predicted octanol–water partition coefficient (Wildman–Crippen LogP) is 2.65. The molecule has 0 fully saturated rings. The number of anilines is 1. The number of hydrogen-bond acceptors (Lipinski definition) is 6. The fourth-order valence-electron chi connectivity index (χ4n) is 2.42. The van der Waals surface area contributed by atoms with Gasteiger partial charge in [0.2, 0.25) is 0 Å². The Balaban J connectivity index is 1.76. The van der Waals surface area contributed by atoms with Crippen molar-refractivity contribution in [3.05, 3.63) is 84.2 Å². The Labute approximate surface area is 168 Å². The van der Waals surface area contributed by atoms with Crippen LogP contribution >= 0.6 is 0 Å². The number of carbonyl (C=O) groups excluding carboxylic acids is 1. The fraction of sp³-hybridized carbons (Fsp3) is 0.0500. The summed E-state index contributed by atoms with van der Waals surface area (Å²) in [5.41, 5.74) is 3.52. The number of nitrogens with zero attached hydrogens (tertiary/aromatic N) is 2. The molecule has 2 N–H and O–H groups in total. The van der Waals surface area contributed by atoms with Crippen LogP contribution in [0.3, 0.4) is 0 Å². The van der Waals surface area contributed by atoms with Gasteiger partial charge in [0.25, 0.3) is 15.9 Å². The van der Waals surface area contributed by atoms with Gasteiger partial charge in [-0.05, 0) is 36.4 Å². The van der Waals surface area contributed by atoms with Crippen molar-refractivity contribution in [2.75, 3.05) is 11.8 Å². The Morgan fingerprint density at radius 3 is 2.69 bits per heavy atom. The quantitative estimate of drug-likeness (QED) is 0.460. The highest BCUT2D eigenvalue weighted by Crippen LogP contribution is 2.26. The van der Waals surface area contributed by atoms with Crippen molar-refractivity contribution in [2.45, 2.75) is 4.90 Å². The highest BCUT2D eigenvalue weighted by molar-refractivity contribution is 7.92. The average molecular weight is 410 g/mol. The normalized spacial score (nSPS) is 11.2. The summed E-state index contributed by atoms with van der Waals surface area (Å²) in [6, 6.07) is 15.8. The molecule has 0 radical (unpaired) electrons. The van der Waals surface area contributed by atoms with Crippen LogP contribution < -0.4 is 14.9 Å². The molecule has 0 spiro atoms. The summed E-state index contributed by atoms with van der Waals surface area (Å²) in [5, 5.41) is 3.85. The number of methoxy groups -OCH3 is 1. The number of rotatable bonds is 7. The molecule has 3 aromatic rings. The van der Waals surface area contributed by atoms with Crippen LogP contribution in [0.15, 0.2) is 83.1 Å². The maximum Gasteiger partial charge on any atom is 0.271 e. The standard InChI is InChI=1S/C20H18N4O4S/c1-28-19-10-3-2-9-18(19)24-29(26,27)17-8-4-7-16(12-17)20(25)23-22-14-15-6-5-11-21-13-15/h2-14,24H,1H3,(H,23,25)/b22-14-. The first kappa shape index (κ1) is 20.0. The second-order valence-corrected chi connectivity index (χ2v) is 7.50. The van der Waals surface area contributed by atoms with E-state index >= 15 is 0 Å². The van der Waals surface area contributed by atoms with Crippen molar-refractivity contribution in [1.82, 2.24) is 10.4 Å². The molecule has 8 nitrogen and oxygen atoms in total. The summed E-state index contributed by atoms with van der Waals surface area (Å²) in [4.78, 5) is 16.2. The molecule has 29 heavy (non-hydrogen) atoms. The minimum Gasteiger partial charge on any atom is -0.495 e. The van der Waals surface area contributed by atoms with Gasteiger partial charge in [0.05, 0.1) is 23.9 Å². The lowest BCUT2D eigenvalue weighted by molar-refractivity contribution is 0.0955. The molecule has 0 bridgehead atoms. The number of benzene rings is 2. The molecular formula is C20H18N4O4S. The zero-order chi connectivity index (χ0) is 20.7. The van der Waals surface area contributed by atoms with E-state index in [1.54, 1.807) is 48.8 Å². The van der Waals surface area contributed by atoms with E-state index in [0.717, 1.165) is 0 Å². The number of hydrogen-bond donors (Lipinski definition) is 2. The van der Waals surface area contributed by atoms with Crippen molar-refractivity contribution < 1.29 is 17.9 Å². The largest absolute Gasteiger partial charge is 0.495 e. The SMILES string of the molecule is COc1ccccc1NS(=O)(=O)c1cccc(C(=O)N/N=C\c2cccnc2)c1. The van der Waals surface area contributed by atoms with Gasteiger partial charge >= 0.3 is 0 Å². The van der Waals surface area contributed by atoms with Gasteiger partial charge in [-0.25, -0.2) is 13.8 Å². The number of hydrazone groups is 1. The molecule has 1 aromatic heterocycles. The molecule has 148 valence electrons. The van der Waals surface area contributed by atoms with Gasteiger partial charge in [-0.3, -0.25) is 14.5 Å². The number of nitrogens with one attached hydrogen (secondary N) is 2. The van der Waals surface area contributed by atoms with Crippen LogP contribution in [-0.4, -0.2) is 32.6 Å². The van der Waals surface area contributed by atoms with E-state index < -0.39 is 15.9 Å². The van der Waals surface area contributed by atoms with Crippen LogP contribution in [-0.2, 0) is 10.0 Å². The van der Waals surface area contributed by atoms with E-state index in [-0.39, 0.29) is 10.5 Å². The summed E-state index contributed by atoms with van der Waals surface area (Å²) in [6.45, 7) is 0. The highest BCUT2D eigenvalue weighted by Gasteiger charge is 2.18. The maximum atomic E-state index is 12.7. The fourth-order valence-corrected chi connectivity index (χ4v) is 3.54. The summed E-state index contributed by atoms with van der Waals surface area (Å²) >= 11 is 0. The van der Waals surface area contributed by atoms with Crippen molar-refractivity contribution >= 4 is 27.8 Å². The van der Waals surface area contributed by atoms with Crippen LogP contribution in [0.1, 0.15) is 15.9 Å². The van der Waals surface area contributed by atoms with Crippen LogP contribution in [0.5, 0.6) is 5.75 Å². The third-order valence-corrected chi connectivity index (χ3v) is 5.19. The number of amides is 1. The summed E-state index contributed by atoms with van der Waals surface area (Å²) < 4.78 is 33.0. The molecule has 2 aromatic carbocycles. The predicted molar refractivity (Wildman–Crippen MR) is 110 cm³/mol. The van der Waals surface area contributed by atoms with Gasteiger partial charge in [0.1, 0.15) is 5.75 Å². The van der Waals surface area contributed by atoms with Crippen LogP contribution in [0.4, 0.5) is 5.69 Å². The molecule has 0 saturated heterocycles. The highest BCUT2D eigenvalue weighted by atomic mass is 32.2. The first-order chi connectivity index (χ1) is 14.0. The number of pyridine rings is 1. The second kappa shape index (κ2) is 8.98.